The molecule has 1 aromatic heterocycles. The molecule has 2 aromatic carbocycles. The number of hydrogen-bond donors (Lipinski definition) is 3. The lowest BCUT2D eigenvalue weighted by atomic mass is 10.1. The summed E-state index contributed by atoms with van der Waals surface area (Å²) in [7, 11) is 0. The van der Waals surface area contributed by atoms with Crippen LogP contribution < -0.4 is 11.1 Å². The molecule has 0 bridgehead atoms. The van der Waals surface area contributed by atoms with Gasteiger partial charge in [0.15, 0.2) is 0 Å². The summed E-state index contributed by atoms with van der Waals surface area (Å²) in [5.41, 5.74) is 7.91. The Morgan fingerprint density at radius 1 is 1.17 bits per heavy atom. The van der Waals surface area contributed by atoms with Crippen molar-refractivity contribution < 1.29 is 9.90 Å². The maximum atomic E-state index is 11.2. The summed E-state index contributed by atoms with van der Waals surface area (Å²) in [5, 5.41) is 13.2. The van der Waals surface area contributed by atoms with Crippen molar-refractivity contribution in [2.45, 2.75) is 18.4 Å². The van der Waals surface area contributed by atoms with E-state index in [4.69, 9.17) is 5.73 Å². The van der Waals surface area contributed by atoms with Crippen molar-refractivity contribution in [3.05, 3.63) is 59.7 Å². The third-order valence-corrected chi connectivity index (χ3v) is 4.30. The Bertz CT molecular complexity index is 927. The van der Waals surface area contributed by atoms with E-state index in [0.717, 1.165) is 6.42 Å². The number of aromatic nitrogens is 2. The highest BCUT2D eigenvalue weighted by Crippen LogP contribution is 2.43. The first-order valence-corrected chi connectivity index (χ1v) is 7.74. The van der Waals surface area contributed by atoms with Crippen LogP contribution in [0.15, 0.2) is 48.5 Å². The van der Waals surface area contributed by atoms with Crippen LogP contribution in [0.1, 0.15) is 28.3 Å². The van der Waals surface area contributed by atoms with E-state index in [1.807, 2.05) is 18.2 Å². The molecular weight excluding hydrogens is 304 g/mol. The molecule has 0 aliphatic heterocycles. The first-order chi connectivity index (χ1) is 11.6. The Morgan fingerprint density at radius 2 is 1.96 bits per heavy atom. The van der Waals surface area contributed by atoms with Crippen molar-refractivity contribution in [2.75, 3.05) is 11.1 Å². The zero-order valence-corrected chi connectivity index (χ0v) is 12.8. The van der Waals surface area contributed by atoms with Gasteiger partial charge in [0.1, 0.15) is 5.82 Å². The highest BCUT2D eigenvalue weighted by atomic mass is 16.4. The largest absolute Gasteiger partial charge is 0.478 e. The van der Waals surface area contributed by atoms with Gasteiger partial charge < -0.3 is 16.2 Å². The summed E-state index contributed by atoms with van der Waals surface area (Å²) in [4.78, 5) is 19.7. The molecule has 0 radical (unpaired) electrons. The molecule has 6 heteroatoms. The number of nitrogens with one attached hydrogen (secondary N) is 1. The fraction of sp³-hybridized carbons (Fsp3) is 0.167. The van der Waals surface area contributed by atoms with Gasteiger partial charge in [-0.15, -0.1) is 0 Å². The average Bonchev–Trinajstić information content (AvgIpc) is 3.34. The number of anilines is 2. The van der Waals surface area contributed by atoms with Crippen LogP contribution in [0.5, 0.6) is 0 Å². The maximum Gasteiger partial charge on any atom is 0.335 e. The molecule has 0 spiro atoms. The molecule has 1 heterocycles. The van der Waals surface area contributed by atoms with E-state index in [-0.39, 0.29) is 17.6 Å². The Hall–Kier alpha value is -3.15. The number of aromatic carboxylic acids is 1. The Morgan fingerprint density at radius 3 is 2.71 bits per heavy atom. The van der Waals surface area contributed by atoms with Crippen molar-refractivity contribution in [1.82, 2.24) is 9.97 Å². The molecule has 1 aliphatic rings. The number of fused-ring (bicyclic) bond motifs is 1. The van der Waals surface area contributed by atoms with Crippen LogP contribution >= 0.6 is 0 Å². The lowest BCUT2D eigenvalue weighted by Gasteiger charge is -2.10. The van der Waals surface area contributed by atoms with Gasteiger partial charge in [-0.05, 0) is 30.2 Å². The van der Waals surface area contributed by atoms with E-state index < -0.39 is 5.97 Å². The number of carboxylic acid groups (broad SMARTS) is 1. The smallest absolute Gasteiger partial charge is 0.335 e. The molecule has 0 saturated heterocycles. The van der Waals surface area contributed by atoms with Gasteiger partial charge in [-0.2, -0.15) is 4.98 Å². The lowest BCUT2D eigenvalue weighted by Crippen LogP contribution is -2.09. The Kier molecular flexibility index (Phi) is 3.30. The van der Waals surface area contributed by atoms with E-state index in [1.165, 1.54) is 11.6 Å². The predicted octanol–water partition coefficient (Wildman–Crippen LogP) is 2.88. The molecule has 24 heavy (non-hydrogen) atoms. The van der Waals surface area contributed by atoms with Crippen LogP contribution in [-0.4, -0.2) is 27.1 Å². The second-order valence-corrected chi connectivity index (χ2v) is 5.97. The van der Waals surface area contributed by atoms with E-state index >= 15 is 0 Å². The van der Waals surface area contributed by atoms with Gasteiger partial charge in [0.05, 0.1) is 11.1 Å². The van der Waals surface area contributed by atoms with Crippen LogP contribution in [0.2, 0.25) is 0 Å². The van der Waals surface area contributed by atoms with Crippen LogP contribution in [0.25, 0.3) is 10.9 Å². The molecule has 6 nitrogen and oxygen atoms in total. The molecule has 4 N–H and O–H groups in total. The molecule has 1 fully saturated rings. The second-order valence-electron chi connectivity index (χ2n) is 5.97. The number of hydrogen-bond acceptors (Lipinski definition) is 5. The Balaban J connectivity index is 1.66. The summed E-state index contributed by atoms with van der Waals surface area (Å²) in [5.74, 6) is 0.211. The topological polar surface area (TPSA) is 101 Å². The summed E-state index contributed by atoms with van der Waals surface area (Å²) in [6, 6.07) is 15.3. The number of benzene rings is 2. The van der Waals surface area contributed by atoms with Gasteiger partial charge in [-0.25, -0.2) is 9.78 Å². The van der Waals surface area contributed by atoms with Crippen LogP contribution in [0, 0.1) is 0 Å². The van der Waals surface area contributed by atoms with Gasteiger partial charge in [0, 0.05) is 17.3 Å². The SMILES string of the molecule is Nc1nc(N[C@H]2C[C@@H]2c2ccccc2)c2cc(C(=O)O)ccc2n1. The van der Waals surface area contributed by atoms with Crippen molar-refractivity contribution in [1.29, 1.82) is 0 Å². The molecule has 0 unspecified atom stereocenters. The number of carboxylic acids is 1. The highest BCUT2D eigenvalue weighted by molar-refractivity contribution is 5.97. The van der Waals surface area contributed by atoms with E-state index in [1.54, 1.807) is 12.1 Å². The van der Waals surface area contributed by atoms with E-state index in [0.29, 0.717) is 22.6 Å². The third kappa shape index (κ3) is 2.62. The number of nitrogen functional groups attached to an aromatic ring is 1. The van der Waals surface area contributed by atoms with Gasteiger partial charge in [0.2, 0.25) is 5.95 Å². The normalized spacial score (nSPS) is 19.2. The fourth-order valence-electron chi connectivity index (χ4n) is 2.99. The Labute approximate surface area is 138 Å². The van der Waals surface area contributed by atoms with Gasteiger partial charge in [-0.3, -0.25) is 0 Å². The minimum atomic E-state index is -0.978. The van der Waals surface area contributed by atoms with Crippen LogP contribution in [-0.2, 0) is 0 Å². The van der Waals surface area contributed by atoms with E-state index in [2.05, 4.69) is 27.4 Å². The number of nitrogens with two attached hydrogens (primary N) is 1. The first kappa shape index (κ1) is 14.4. The molecule has 3 aromatic rings. The molecule has 2 atom stereocenters. The van der Waals surface area contributed by atoms with Gasteiger partial charge in [-0.1, -0.05) is 30.3 Å². The van der Waals surface area contributed by atoms with E-state index in [9.17, 15) is 9.90 Å². The minimum Gasteiger partial charge on any atom is -0.478 e. The summed E-state index contributed by atoms with van der Waals surface area (Å²) >= 11 is 0. The summed E-state index contributed by atoms with van der Waals surface area (Å²) in [6.07, 6.45) is 1.01. The number of nitrogens with zero attached hydrogens (tertiary/aromatic N) is 2. The van der Waals surface area contributed by atoms with Gasteiger partial charge >= 0.3 is 5.97 Å². The zero-order chi connectivity index (χ0) is 16.7. The van der Waals surface area contributed by atoms with Crippen molar-refractivity contribution in [3.63, 3.8) is 0 Å². The predicted molar refractivity (Wildman–Crippen MR) is 92.1 cm³/mol. The third-order valence-electron chi connectivity index (χ3n) is 4.30. The second kappa shape index (κ2) is 5.49. The maximum absolute atomic E-state index is 11.2. The quantitative estimate of drug-likeness (QED) is 0.683. The summed E-state index contributed by atoms with van der Waals surface area (Å²) in [6.45, 7) is 0. The van der Waals surface area contributed by atoms with Gasteiger partial charge in [0.25, 0.3) is 0 Å². The highest BCUT2D eigenvalue weighted by Gasteiger charge is 2.38. The molecular formula is C18H16N4O2. The van der Waals surface area contributed by atoms with Crippen molar-refractivity contribution in [2.24, 2.45) is 0 Å². The number of carbonyl (C=O) groups is 1. The molecule has 1 saturated carbocycles. The number of rotatable bonds is 4. The molecule has 1 aliphatic carbocycles. The molecule has 0 amide bonds. The van der Waals surface area contributed by atoms with Crippen LogP contribution in [0.4, 0.5) is 11.8 Å². The zero-order valence-electron chi connectivity index (χ0n) is 12.8. The average molecular weight is 320 g/mol. The molecule has 120 valence electrons. The lowest BCUT2D eigenvalue weighted by molar-refractivity contribution is 0.0697. The standard InChI is InChI=1S/C18H16N4O2/c19-18-21-14-7-6-11(17(23)24)8-13(14)16(22-18)20-15-9-12(15)10-4-2-1-3-5-10/h1-8,12,15H,9H2,(H,23,24)(H3,19,20,21,22)/t12-,15+/m1/s1. The first-order valence-electron chi connectivity index (χ1n) is 7.74. The monoisotopic (exact) mass is 320 g/mol. The van der Waals surface area contributed by atoms with Crippen LogP contribution in [0.3, 0.4) is 0 Å². The fourth-order valence-corrected chi connectivity index (χ4v) is 2.99. The van der Waals surface area contributed by atoms with Crippen molar-refractivity contribution in [3.8, 4) is 0 Å². The summed E-state index contributed by atoms with van der Waals surface area (Å²) < 4.78 is 0. The minimum absolute atomic E-state index is 0.171. The molecule has 4 rings (SSSR count). The van der Waals surface area contributed by atoms with Crippen molar-refractivity contribution >= 4 is 28.6 Å².